The first-order valence-electron chi connectivity index (χ1n) is 8.37. The van der Waals surface area contributed by atoms with Gasteiger partial charge in [0.2, 0.25) is 0 Å². The van der Waals surface area contributed by atoms with E-state index in [0.29, 0.717) is 5.65 Å². The Morgan fingerprint density at radius 1 is 1.38 bits per heavy atom. The minimum absolute atomic E-state index is 0.383. The number of nitrogens with zero attached hydrogens (tertiary/aromatic N) is 3. The fourth-order valence-corrected chi connectivity index (χ4v) is 4.27. The summed E-state index contributed by atoms with van der Waals surface area (Å²) in [6.45, 7) is 7.61. The van der Waals surface area contributed by atoms with E-state index in [1.807, 2.05) is 0 Å². The molecule has 3 N–H and O–H groups in total. The van der Waals surface area contributed by atoms with Crippen molar-refractivity contribution in [3.63, 3.8) is 0 Å². The average molecular weight is 437 g/mol. The summed E-state index contributed by atoms with van der Waals surface area (Å²) in [6, 6.07) is 0. The molecule has 7 nitrogen and oxygen atoms in total. The van der Waals surface area contributed by atoms with Crippen molar-refractivity contribution in [1.29, 1.82) is 0 Å². The molecule has 0 radical (unpaired) electrons. The van der Waals surface area contributed by atoms with Crippen LogP contribution in [0.5, 0.6) is 0 Å². The molecule has 0 saturated carbocycles. The van der Waals surface area contributed by atoms with Crippen LogP contribution < -0.4 is 4.48 Å². The van der Waals surface area contributed by atoms with Gasteiger partial charge in [0.1, 0.15) is 0 Å². The van der Waals surface area contributed by atoms with E-state index >= 15 is 0 Å². The molecule has 26 heavy (non-hydrogen) atoms. The summed E-state index contributed by atoms with van der Waals surface area (Å²) in [5, 5.41) is 31.3. The second kappa shape index (κ2) is 6.75. The molecular weight excluding hydrogens is 413 g/mol. The standard InChI is InChI=1S/C17H24AsN3O4Si/c1-17(24)13(23)11(8-22)25-16(17)21-7-10(5-6-26(2,3)4)12-14(18)19-9-20-15(12)21/h7,9,11,13,16,22-24H,8,18H2,1-4H3/t11-,13-,16-,17-/m1/s1. The summed E-state index contributed by atoms with van der Waals surface area (Å²) in [7, 11) is -1.58. The molecule has 1 aliphatic heterocycles. The number of hydrogen-bond acceptors (Lipinski definition) is 6. The fourth-order valence-electron chi connectivity index (χ4n) is 3.03. The van der Waals surface area contributed by atoms with Crippen LogP contribution in [0.2, 0.25) is 19.6 Å². The van der Waals surface area contributed by atoms with E-state index in [2.05, 4.69) is 41.1 Å². The topological polar surface area (TPSA) is 101 Å². The molecule has 1 unspecified atom stereocenters. The van der Waals surface area contributed by atoms with Gasteiger partial charge in [-0.3, -0.25) is 0 Å². The Morgan fingerprint density at radius 3 is 2.65 bits per heavy atom. The van der Waals surface area contributed by atoms with Crippen LogP contribution in [0.15, 0.2) is 12.5 Å². The molecule has 9 heteroatoms. The van der Waals surface area contributed by atoms with Crippen molar-refractivity contribution in [2.45, 2.75) is 50.6 Å². The molecular formula is C17H24AsN3O4Si. The van der Waals surface area contributed by atoms with Crippen molar-refractivity contribution < 1.29 is 20.1 Å². The van der Waals surface area contributed by atoms with E-state index in [-0.39, 0.29) is 6.61 Å². The van der Waals surface area contributed by atoms with E-state index in [4.69, 9.17) is 4.74 Å². The van der Waals surface area contributed by atoms with Crippen molar-refractivity contribution >= 4 is 40.4 Å². The number of rotatable bonds is 2. The van der Waals surface area contributed by atoms with Crippen molar-refractivity contribution in [2.24, 2.45) is 0 Å². The van der Waals surface area contributed by atoms with Crippen LogP contribution in [0.25, 0.3) is 11.0 Å². The van der Waals surface area contributed by atoms with E-state index in [1.165, 1.54) is 30.1 Å². The monoisotopic (exact) mass is 437 g/mol. The summed E-state index contributed by atoms with van der Waals surface area (Å²) in [5.74, 6) is 3.25. The molecule has 1 fully saturated rings. The third-order valence-electron chi connectivity index (χ3n) is 4.40. The van der Waals surface area contributed by atoms with Crippen molar-refractivity contribution in [3.8, 4) is 11.5 Å². The van der Waals surface area contributed by atoms with Crippen molar-refractivity contribution in [2.75, 3.05) is 6.61 Å². The number of ether oxygens (including phenoxy) is 1. The molecule has 0 bridgehead atoms. The minimum atomic E-state index is -1.58. The summed E-state index contributed by atoms with van der Waals surface area (Å²) in [5.41, 5.74) is 3.14. The third-order valence-corrected chi connectivity index (χ3v) is 6.19. The normalized spacial score (nSPS) is 29.0. The van der Waals surface area contributed by atoms with Crippen molar-refractivity contribution in [1.82, 2.24) is 14.5 Å². The quantitative estimate of drug-likeness (QED) is 0.408. The number of aromatic nitrogens is 3. The molecule has 1 aliphatic rings. The van der Waals surface area contributed by atoms with E-state index < -0.39 is 32.1 Å². The Bertz CT molecular complexity index is 897. The van der Waals surface area contributed by atoms with Gasteiger partial charge in [-0.25, -0.2) is 0 Å². The van der Waals surface area contributed by atoms with Gasteiger partial charge in [-0.2, -0.15) is 0 Å². The predicted octanol–water partition coefficient (Wildman–Crippen LogP) is -1.08. The van der Waals surface area contributed by atoms with Gasteiger partial charge < -0.3 is 0 Å². The van der Waals surface area contributed by atoms with Crippen LogP contribution in [-0.2, 0) is 4.74 Å². The molecule has 2 aromatic rings. The SMILES string of the molecule is C[C@@]1(O)[C@H](O)[C@@H](CO)O[C@H]1n1cc(C#C[Si](C)(C)C)c2c([AsH2])ncnc21. The molecule has 3 rings (SSSR count). The molecule has 1 saturated heterocycles. The summed E-state index contributed by atoms with van der Waals surface area (Å²) < 4.78 is 8.28. The van der Waals surface area contributed by atoms with Crippen LogP contribution in [-0.4, -0.2) is 79.2 Å². The van der Waals surface area contributed by atoms with Gasteiger partial charge in [0.15, 0.2) is 0 Å². The van der Waals surface area contributed by atoms with Crippen LogP contribution in [0.3, 0.4) is 0 Å². The Labute approximate surface area is 161 Å². The van der Waals surface area contributed by atoms with Crippen LogP contribution >= 0.6 is 0 Å². The van der Waals surface area contributed by atoms with Gasteiger partial charge in [-0.1, -0.05) is 0 Å². The third kappa shape index (κ3) is 3.36. The first-order chi connectivity index (χ1) is 12.1. The number of hydrogen-bond donors (Lipinski definition) is 3. The Morgan fingerprint density at radius 2 is 2.08 bits per heavy atom. The maximum absolute atomic E-state index is 10.8. The zero-order valence-electron chi connectivity index (χ0n) is 15.3. The molecule has 0 spiro atoms. The van der Waals surface area contributed by atoms with Gasteiger partial charge >= 0.3 is 162 Å². The Balaban J connectivity index is 2.19. The molecule has 0 amide bonds. The van der Waals surface area contributed by atoms with Gasteiger partial charge in [0.05, 0.1) is 0 Å². The van der Waals surface area contributed by atoms with E-state index in [0.717, 1.165) is 15.4 Å². The number of fused-ring (bicyclic) bond motifs is 1. The zero-order chi connectivity index (χ0) is 19.3. The van der Waals surface area contributed by atoms with Crippen molar-refractivity contribution in [3.05, 3.63) is 18.1 Å². The van der Waals surface area contributed by atoms with Crippen LogP contribution in [0.4, 0.5) is 0 Å². The summed E-state index contributed by atoms with van der Waals surface area (Å²) in [4.78, 5) is 8.65. The van der Waals surface area contributed by atoms with Crippen LogP contribution in [0, 0.1) is 11.5 Å². The van der Waals surface area contributed by atoms with E-state index in [9.17, 15) is 15.3 Å². The molecule has 2 aromatic heterocycles. The average Bonchev–Trinajstić information content (AvgIpc) is 3.02. The maximum atomic E-state index is 10.8. The zero-order valence-corrected chi connectivity index (χ0v) is 18.7. The first kappa shape index (κ1) is 19.6. The predicted molar refractivity (Wildman–Crippen MR) is 104 cm³/mol. The fraction of sp³-hybridized carbons (Fsp3) is 0.529. The summed E-state index contributed by atoms with van der Waals surface area (Å²) >= 11 is 1.36. The molecule has 140 valence electrons. The first-order valence-corrected chi connectivity index (χ1v) is 13.1. The Hall–Kier alpha value is -1.20. The second-order valence-corrected chi connectivity index (χ2v) is 13.7. The Kier molecular flexibility index (Phi) is 5.08. The molecule has 3 heterocycles. The van der Waals surface area contributed by atoms with Gasteiger partial charge in [0, 0.05) is 0 Å². The van der Waals surface area contributed by atoms with Gasteiger partial charge in [-0.15, -0.1) is 0 Å². The molecule has 0 aromatic carbocycles. The second-order valence-electron chi connectivity index (χ2n) is 7.79. The number of aliphatic hydroxyl groups excluding tert-OH is 2. The van der Waals surface area contributed by atoms with E-state index in [1.54, 1.807) is 10.8 Å². The van der Waals surface area contributed by atoms with Crippen LogP contribution in [0.1, 0.15) is 18.7 Å². The molecule has 5 atom stereocenters. The summed E-state index contributed by atoms with van der Waals surface area (Å²) in [6.07, 6.45) is 0.298. The van der Waals surface area contributed by atoms with Gasteiger partial charge in [-0.05, 0) is 0 Å². The number of aliphatic hydroxyl groups is 3. The van der Waals surface area contributed by atoms with Gasteiger partial charge in [0.25, 0.3) is 0 Å². The molecule has 0 aliphatic carbocycles.